The summed E-state index contributed by atoms with van der Waals surface area (Å²) >= 11 is 0. The maximum Gasteiger partial charge on any atom is 0.407 e. The molecule has 1 aromatic rings. The first-order valence-corrected chi connectivity index (χ1v) is 11.1. The highest BCUT2D eigenvalue weighted by molar-refractivity contribution is 6.22. The van der Waals surface area contributed by atoms with Crippen molar-refractivity contribution in [3.8, 4) is 6.07 Å². The van der Waals surface area contributed by atoms with E-state index in [1.807, 2.05) is 6.07 Å². The molecule has 1 N–H and O–H groups in total. The molecule has 0 saturated heterocycles. The van der Waals surface area contributed by atoms with E-state index in [1.54, 1.807) is 45.0 Å². The number of fused-ring (bicyclic) bond motifs is 1. The third-order valence-electron chi connectivity index (χ3n) is 5.04. The van der Waals surface area contributed by atoms with E-state index in [0.717, 1.165) is 4.90 Å². The third kappa shape index (κ3) is 6.25. The molecular weight excluding hydrogens is 440 g/mol. The molecule has 0 bridgehead atoms. The first-order valence-electron chi connectivity index (χ1n) is 11.1. The number of hydrogen-bond donors (Lipinski definition) is 1. The van der Waals surface area contributed by atoms with Crippen molar-refractivity contribution >= 4 is 29.7 Å². The smallest absolute Gasteiger partial charge is 0.407 e. The van der Waals surface area contributed by atoms with Crippen LogP contribution in [0, 0.1) is 11.3 Å². The maximum atomic E-state index is 13.3. The Balaban J connectivity index is 2.00. The van der Waals surface area contributed by atoms with Crippen LogP contribution in [0.2, 0.25) is 0 Å². The fourth-order valence-corrected chi connectivity index (χ4v) is 3.54. The van der Waals surface area contributed by atoms with Crippen molar-refractivity contribution in [2.45, 2.75) is 64.1 Å². The molecule has 184 valence electrons. The van der Waals surface area contributed by atoms with Gasteiger partial charge in [0.15, 0.2) is 0 Å². The van der Waals surface area contributed by atoms with E-state index >= 15 is 0 Å². The number of imide groups is 1. The van der Waals surface area contributed by atoms with Gasteiger partial charge in [-0.15, -0.1) is 0 Å². The predicted octanol–water partition coefficient (Wildman–Crippen LogP) is 3.45. The number of amides is 4. The van der Waals surface area contributed by atoms with Crippen LogP contribution in [-0.4, -0.2) is 55.1 Å². The zero-order chi connectivity index (χ0) is 25.5. The molecule has 10 heteroatoms. The van der Waals surface area contributed by atoms with Crippen molar-refractivity contribution in [1.29, 1.82) is 5.26 Å². The predicted molar refractivity (Wildman–Crippen MR) is 124 cm³/mol. The SMILES string of the molecule is CN(C)C(=O)N1C(=O)C(CC#N)(OC(=O)CCCCCNC(=O)OC(C)(C)C)c2ccccc21. The molecular formula is C24H32N4O6. The number of nitrogens with one attached hydrogen (secondary N) is 1. The van der Waals surface area contributed by atoms with Gasteiger partial charge in [-0.1, -0.05) is 24.6 Å². The summed E-state index contributed by atoms with van der Waals surface area (Å²) in [5.74, 6) is -1.40. The Bertz CT molecular complexity index is 978. The number of ether oxygens (including phenoxy) is 2. The Kier molecular flexibility index (Phi) is 8.62. The highest BCUT2D eigenvalue weighted by Crippen LogP contribution is 2.45. The Morgan fingerprint density at radius 3 is 2.44 bits per heavy atom. The summed E-state index contributed by atoms with van der Waals surface area (Å²) in [4.78, 5) is 52.5. The standard InChI is InChI=1S/C24H32N4O6/c1-23(2,3)34-21(31)26-16-10-6-7-13-19(29)33-24(14-15-25)17-11-8-9-12-18(17)28(20(24)30)22(32)27(4)5/h8-9,11-12H,6-7,10,13-14,16H2,1-5H3,(H,26,31). The Labute approximate surface area is 199 Å². The average molecular weight is 473 g/mol. The van der Waals surface area contributed by atoms with E-state index in [-0.39, 0.29) is 6.42 Å². The molecule has 1 atom stereocenters. The largest absolute Gasteiger partial charge is 0.444 e. The number of carbonyl (C=O) groups is 4. The number of esters is 1. The number of rotatable bonds is 8. The van der Waals surface area contributed by atoms with Gasteiger partial charge in [-0.2, -0.15) is 5.26 Å². The van der Waals surface area contributed by atoms with Crippen LogP contribution in [0.4, 0.5) is 15.3 Å². The lowest BCUT2D eigenvalue weighted by Crippen LogP contribution is -2.48. The molecule has 1 unspecified atom stereocenters. The van der Waals surface area contributed by atoms with Gasteiger partial charge >= 0.3 is 18.1 Å². The first kappa shape index (κ1) is 26.6. The molecule has 1 aliphatic rings. The number of hydrogen-bond acceptors (Lipinski definition) is 7. The molecule has 4 amide bonds. The number of unbranched alkanes of at least 4 members (excludes halogenated alkanes) is 2. The molecule has 10 nitrogen and oxygen atoms in total. The van der Waals surface area contributed by atoms with Crippen LogP contribution in [0.3, 0.4) is 0 Å². The number of urea groups is 1. The fourth-order valence-electron chi connectivity index (χ4n) is 3.54. The number of anilines is 1. The minimum Gasteiger partial charge on any atom is -0.444 e. The summed E-state index contributed by atoms with van der Waals surface area (Å²) in [6.07, 6.45) is 0.838. The van der Waals surface area contributed by atoms with Crippen molar-refractivity contribution in [2.24, 2.45) is 0 Å². The monoisotopic (exact) mass is 472 g/mol. The summed E-state index contributed by atoms with van der Waals surface area (Å²) in [5, 5.41) is 12.1. The van der Waals surface area contributed by atoms with Gasteiger partial charge in [0.1, 0.15) is 5.60 Å². The second-order valence-electron chi connectivity index (χ2n) is 9.21. The van der Waals surface area contributed by atoms with Crippen molar-refractivity contribution in [2.75, 3.05) is 25.5 Å². The van der Waals surface area contributed by atoms with Crippen molar-refractivity contribution in [3.63, 3.8) is 0 Å². The highest BCUT2D eigenvalue weighted by atomic mass is 16.6. The molecule has 0 aliphatic carbocycles. The van der Waals surface area contributed by atoms with Crippen LogP contribution in [0.1, 0.15) is 58.4 Å². The number of carbonyl (C=O) groups excluding carboxylic acids is 4. The summed E-state index contributed by atoms with van der Waals surface area (Å²) in [5.41, 5.74) is -1.84. The minimum atomic E-state index is -1.87. The van der Waals surface area contributed by atoms with Gasteiger partial charge in [0, 0.05) is 32.6 Å². The molecule has 2 rings (SSSR count). The van der Waals surface area contributed by atoms with E-state index in [2.05, 4.69) is 5.32 Å². The van der Waals surface area contributed by atoms with Crippen LogP contribution in [0.15, 0.2) is 24.3 Å². The Hall–Kier alpha value is -3.61. The van der Waals surface area contributed by atoms with Crippen molar-refractivity contribution < 1.29 is 28.7 Å². The third-order valence-corrected chi connectivity index (χ3v) is 5.04. The highest BCUT2D eigenvalue weighted by Gasteiger charge is 2.56. The van der Waals surface area contributed by atoms with E-state index in [1.165, 1.54) is 19.0 Å². The normalized spacial score (nSPS) is 16.9. The van der Waals surface area contributed by atoms with Crippen LogP contribution in [-0.2, 0) is 24.7 Å². The van der Waals surface area contributed by atoms with Crippen LogP contribution in [0.5, 0.6) is 0 Å². The lowest BCUT2D eigenvalue weighted by Gasteiger charge is -2.27. The minimum absolute atomic E-state index is 0.0245. The molecule has 1 aromatic carbocycles. The summed E-state index contributed by atoms with van der Waals surface area (Å²) in [6.45, 7) is 5.73. The quantitative estimate of drug-likeness (QED) is 0.453. The van der Waals surface area contributed by atoms with E-state index < -0.39 is 41.6 Å². The zero-order valence-electron chi connectivity index (χ0n) is 20.3. The molecule has 0 aromatic heterocycles. The van der Waals surface area contributed by atoms with Gasteiger partial charge in [-0.05, 0) is 39.7 Å². The van der Waals surface area contributed by atoms with Crippen LogP contribution in [0.25, 0.3) is 0 Å². The average Bonchev–Trinajstić information content (AvgIpc) is 2.97. The van der Waals surface area contributed by atoms with Crippen molar-refractivity contribution in [1.82, 2.24) is 10.2 Å². The summed E-state index contributed by atoms with van der Waals surface area (Å²) in [7, 11) is 3.01. The fraction of sp³-hybridized carbons (Fsp3) is 0.542. The van der Waals surface area contributed by atoms with Crippen LogP contribution < -0.4 is 10.2 Å². The first-order chi connectivity index (χ1) is 15.9. The molecule has 0 spiro atoms. The van der Waals surface area contributed by atoms with Crippen molar-refractivity contribution in [3.05, 3.63) is 29.8 Å². The zero-order valence-corrected chi connectivity index (χ0v) is 20.3. The van der Waals surface area contributed by atoms with E-state index in [4.69, 9.17) is 9.47 Å². The van der Waals surface area contributed by atoms with Crippen LogP contribution >= 0.6 is 0 Å². The number of nitrogens with zero attached hydrogens (tertiary/aromatic N) is 3. The molecule has 0 fully saturated rings. The number of nitriles is 1. The second-order valence-corrected chi connectivity index (χ2v) is 9.21. The van der Waals surface area contributed by atoms with Gasteiger partial charge in [0.25, 0.3) is 5.91 Å². The summed E-state index contributed by atoms with van der Waals surface area (Å²) in [6, 6.07) is 7.83. The number of alkyl carbamates (subject to hydrolysis) is 1. The van der Waals surface area contributed by atoms with Gasteiger partial charge in [0.2, 0.25) is 5.60 Å². The van der Waals surface area contributed by atoms with Gasteiger partial charge in [0.05, 0.1) is 18.2 Å². The lowest BCUT2D eigenvalue weighted by atomic mass is 9.92. The Morgan fingerprint density at radius 1 is 1.15 bits per heavy atom. The van der Waals surface area contributed by atoms with E-state index in [0.29, 0.717) is 37.1 Å². The summed E-state index contributed by atoms with van der Waals surface area (Å²) < 4.78 is 10.8. The number of benzene rings is 1. The molecule has 1 heterocycles. The second kappa shape index (κ2) is 11.0. The molecule has 0 saturated carbocycles. The topological polar surface area (TPSA) is 129 Å². The molecule has 0 radical (unpaired) electrons. The molecule has 1 aliphatic heterocycles. The maximum absolute atomic E-state index is 13.3. The van der Waals surface area contributed by atoms with Gasteiger partial charge < -0.3 is 19.7 Å². The number of para-hydroxylation sites is 1. The molecule has 34 heavy (non-hydrogen) atoms. The Morgan fingerprint density at radius 2 is 1.82 bits per heavy atom. The lowest BCUT2D eigenvalue weighted by molar-refractivity contribution is -0.167. The van der Waals surface area contributed by atoms with Gasteiger partial charge in [-0.3, -0.25) is 9.59 Å². The van der Waals surface area contributed by atoms with E-state index in [9.17, 15) is 24.4 Å². The van der Waals surface area contributed by atoms with Gasteiger partial charge in [-0.25, -0.2) is 14.5 Å².